The molecule has 22 heavy (non-hydrogen) atoms. The van der Waals surface area contributed by atoms with Crippen LogP contribution in [-0.2, 0) is 4.79 Å². The molecule has 0 spiro atoms. The fourth-order valence-electron chi connectivity index (χ4n) is 1.97. The van der Waals surface area contributed by atoms with Gasteiger partial charge in [-0.2, -0.15) is 0 Å². The molecular weight excluding hydrogens is 283 g/mol. The summed E-state index contributed by atoms with van der Waals surface area (Å²) < 4.78 is 12.7. The summed E-state index contributed by atoms with van der Waals surface area (Å²) in [6.07, 6.45) is 0.148. The lowest BCUT2D eigenvalue weighted by Crippen LogP contribution is -2.28. The minimum atomic E-state index is -0.358. The fraction of sp³-hybridized carbons (Fsp3) is 0.176. The van der Waals surface area contributed by atoms with E-state index in [0.717, 1.165) is 5.56 Å². The maximum Gasteiger partial charge on any atom is 0.251 e. The van der Waals surface area contributed by atoms with Gasteiger partial charge in [-0.25, -0.2) is 4.39 Å². The van der Waals surface area contributed by atoms with E-state index in [-0.39, 0.29) is 30.6 Å². The van der Waals surface area contributed by atoms with E-state index in [9.17, 15) is 14.0 Å². The summed E-state index contributed by atoms with van der Waals surface area (Å²) >= 11 is 0. The molecule has 4 nitrogen and oxygen atoms in total. The van der Waals surface area contributed by atoms with Gasteiger partial charge in [-0.05, 0) is 42.8 Å². The standard InChI is InChI=1S/C17H17FN2O2/c1-12-4-2-3-5-15(12)17(22)19-11-10-16(21)20-14-8-6-13(18)7-9-14/h2-9H,10-11H2,1H3,(H,19,22)(H,20,21). The molecule has 0 saturated heterocycles. The Labute approximate surface area is 128 Å². The number of amides is 2. The van der Waals surface area contributed by atoms with Gasteiger partial charge in [0.1, 0.15) is 5.82 Å². The van der Waals surface area contributed by atoms with Gasteiger partial charge in [-0.1, -0.05) is 18.2 Å². The van der Waals surface area contributed by atoms with Crippen molar-refractivity contribution in [3.05, 3.63) is 65.5 Å². The van der Waals surface area contributed by atoms with E-state index < -0.39 is 0 Å². The molecule has 0 fully saturated rings. The van der Waals surface area contributed by atoms with Gasteiger partial charge in [0.2, 0.25) is 5.91 Å². The zero-order chi connectivity index (χ0) is 15.9. The van der Waals surface area contributed by atoms with Crippen LogP contribution in [0, 0.1) is 12.7 Å². The van der Waals surface area contributed by atoms with Gasteiger partial charge >= 0.3 is 0 Å². The lowest BCUT2D eigenvalue weighted by atomic mass is 10.1. The van der Waals surface area contributed by atoms with Crippen LogP contribution in [0.5, 0.6) is 0 Å². The molecule has 0 aromatic heterocycles. The van der Waals surface area contributed by atoms with Crippen LogP contribution < -0.4 is 10.6 Å². The van der Waals surface area contributed by atoms with Gasteiger partial charge in [-0.3, -0.25) is 9.59 Å². The second-order valence-corrected chi connectivity index (χ2v) is 4.88. The van der Waals surface area contributed by atoms with Crippen molar-refractivity contribution in [2.24, 2.45) is 0 Å². The monoisotopic (exact) mass is 300 g/mol. The van der Waals surface area contributed by atoms with Crippen LogP contribution in [0.2, 0.25) is 0 Å². The number of rotatable bonds is 5. The Morgan fingerprint density at radius 3 is 2.41 bits per heavy atom. The normalized spacial score (nSPS) is 10.1. The molecule has 0 aliphatic rings. The van der Waals surface area contributed by atoms with Gasteiger partial charge in [0.25, 0.3) is 5.91 Å². The van der Waals surface area contributed by atoms with E-state index in [1.807, 2.05) is 19.1 Å². The van der Waals surface area contributed by atoms with Crippen molar-refractivity contribution in [2.45, 2.75) is 13.3 Å². The number of hydrogen-bond acceptors (Lipinski definition) is 2. The van der Waals surface area contributed by atoms with Crippen molar-refractivity contribution in [1.82, 2.24) is 5.32 Å². The maximum absolute atomic E-state index is 12.7. The van der Waals surface area contributed by atoms with Crippen LogP contribution in [-0.4, -0.2) is 18.4 Å². The summed E-state index contributed by atoms with van der Waals surface area (Å²) in [5.74, 6) is -0.798. The molecule has 2 aromatic rings. The van der Waals surface area contributed by atoms with Crippen molar-refractivity contribution >= 4 is 17.5 Å². The van der Waals surface area contributed by atoms with Gasteiger partial charge in [0.05, 0.1) is 0 Å². The third kappa shape index (κ3) is 4.41. The first-order chi connectivity index (χ1) is 10.6. The Hall–Kier alpha value is -2.69. The molecule has 114 valence electrons. The first-order valence-corrected chi connectivity index (χ1v) is 6.95. The van der Waals surface area contributed by atoms with Gasteiger partial charge in [0, 0.05) is 24.2 Å². The average Bonchev–Trinajstić information content (AvgIpc) is 2.50. The topological polar surface area (TPSA) is 58.2 Å². The van der Waals surface area contributed by atoms with Crippen LogP contribution in [0.3, 0.4) is 0 Å². The third-order valence-corrected chi connectivity index (χ3v) is 3.16. The quantitative estimate of drug-likeness (QED) is 0.892. The predicted octanol–water partition coefficient (Wildman–Crippen LogP) is 2.89. The van der Waals surface area contributed by atoms with Crippen LogP contribution in [0.15, 0.2) is 48.5 Å². The molecule has 0 saturated carbocycles. The van der Waals surface area contributed by atoms with Crippen LogP contribution in [0.4, 0.5) is 10.1 Å². The van der Waals surface area contributed by atoms with Gasteiger partial charge in [-0.15, -0.1) is 0 Å². The van der Waals surface area contributed by atoms with Crippen molar-refractivity contribution < 1.29 is 14.0 Å². The molecule has 0 aliphatic heterocycles. The van der Waals surface area contributed by atoms with E-state index in [4.69, 9.17) is 0 Å². The molecule has 2 aromatic carbocycles. The van der Waals surface area contributed by atoms with E-state index in [0.29, 0.717) is 11.3 Å². The van der Waals surface area contributed by atoms with Crippen LogP contribution >= 0.6 is 0 Å². The molecule has 0 atom stereocenters. The summed E-state index contributed by atoms with van der Waals surface area (Å²) in [6.45, 7) is 2.09. The van der Waals surface area contributed by atoms with Gasteiger partial charge in [0.15, 0.2) is 0 Å². The molecular formula is C17H17FN2O2. The molecule has 0 bridgehead atoms. The molecule has 2 amide bonds. The number of halogens is 1. The molecule has 0 heterocycles. The maximum atomic E-state index is 12.7. The molecule has 0 aliphatic carbocycles. The highest BCUT2D eigenvalue weighted by molar-refractivity contribution is 5.96. The summed E-state index contributed by atoms with van der Waals surface area (Å²) in [4.78, 5) is 23.7. The lowest BCUT2D eigenvalue weighted by Gasteiger charge is -2.08. The van der Waals surface area contributed by atoms with Gasteiger partial charge < -0.3 is 10.6 Å². The van der Waals surface area contributed by atoms with E-state index in [1.165, 1.54) is 24.3 Å². The highest BCUT2D eigenvalue weighted by Crippen LogP contribution is 2.09. The van der Waals surface area contributed by atoms with Crippen molar-refractivity contribution in [3.8, 4) is 0 Å². The minimum Gasteiger partial charge on any atom is -0.352 e. The third-order valence-electron chi connectivity index (χ3n) is 3.16. The number of aryl methyl sites for hydroxylation is 1. The number of carbonyl (C=O) groups excluding carboxylic acids is 2. The molecule has 0 radical (unpaired) electrons. The van der Waals surface area contributed by atoms with Crippen LogP contribution in [0.1, 0.15) is 22.3 Å². The summed E-state index contributed by atoms with van der Waals surface area (Å²) in [7, 11) is 0. The highest BCUT2D eigenvalue weighted by Gasteiger charge is 2.08. The summed E-state index contributed by atoms with van der Waals surface area (Å²) in [5, 5.41) is 5.34. The summed E-state index contributed by atoms with van der Waals surface area (Å²) in [6, 6.07) is 12.8. The average molecular weight is 300 g/mol. The second kappa shape index (κ2) is 7.36. The predicted molar refractivity (Wildman–Crippen MR) is 83.2 cm³/mol. The molecule has 5 heteroatoms. The molecule has 2 rings (SSSR count). The lowest BCUT2D eigenvalue weighted by molar-refractivity contribution is -0.116. The Morgan fingerprint density at radius 1 is 1.05 bits per heavy atom. The minimum absolute atomic E-state index is 0.148. The van der Waals surface area contributed by atoms with E-state index >= 15 is 0 Å². The Morgan fingerprint density at radius 2 is 1.73 bits per heavy atom. The largest absolute Gasteiger partial charge is 0.352 e. The smallest absolute Gasteiger partial charge is 0.251 e. The van der Waals surface area contributed by atoms with E-state index in [2.05, 4.69) is 10.6 Å². The van der Waals surface area contributed by atoms with E-state index in [1.54, 1.807) is 12.1 Å². The SMILES string of the molecule is Cc1ccccc1C(=O)NCCC(=O)Nc1ccc(F)cc1. The number of anilines is 1. The van der Waals surface area contributed by atoms with Crippen LogP contribution in [0.25, 0.3) is 0 Å². The number of carbonyl (C=O) groups is 2. The van der Waals surface area contributed by atoms with Crippen molar-refractivity contribution in [2.75, 3.05) is 11.9 Å². The van der Waals surface area contributed by atoms with Crippen molar-refractivity contribution in [1.29, 1.82) is 0 Å². The molecule has 0 unspecified atom stereocenters. The number of hydrogen-bond donors (Lipinski definition) is 2. The number of benzene rings is 2. The Bertz CT molecular complexity index is 669. The zero-order valence-electron chi connectivity index (χ0n) is 12.2. The number of nitrogens with one attached hydrogen (secondary N) is 2. The first-order valence-electron chi connectivity index (χ1n) is 6.95. The first kappa shape index (κ1) is 15.7. The van der Waals surface area contributed by atoms with Crippen molar-refractivity contribution in [3.63, 3.8) is 0 Å². The second-order valence-electron chi connectivity index (χ2n) is 4.88. The summed E-state index contributed by atoms with van der Waals surface area (Å²) in [5.41, 5.74) is 2.01. The molecule has 2 N–H and O–H groups in total. The highest BCUT2D eigenvalue weighted by atomic mass is 19.1. The Balaban J connectivity index is 1.78. The zero-order valence-corrected chi connectivity index (χ0v) is 12.2. The Kier molecular flexibility index (Phi) is 5.25. The fourth-order valence-corrected chi connectivity index (χ4v) is 1.97.